The first-order valence-electron chi connectivity index (χ1n) is 10.2. The smallest absolute Gasteiger partial charge is 0.404 e. The summed E-state index contributed by atoms with van der Waals surface area (Å²) in [7, 11) is 1.52. The molecule has 0 spiro atoms. The quantitative estimate of drug-likeness (QED) is 0.379. The van der Waals surface area contributed by atoms with E-state index in [0.717, 1.165) is 5.56 Å². The van der Waals surface area contributed by atoms with Gasteiger partial charge in [-0.2, -0.15) is 0 Å². The molecule has 2 aromatic rings. The Hall–Kier alpha value is -3.60. The topological polar surface area (TPSA) is 172 Å². The Morgan fingerprint density at radius 2 is 1.91 bits per heavy atom. The van der Waals surface area contributed by atoms with Crippen LogP contribution in [0.25, 0.3) is 0 Å². The third-order valence-electron chi connectivity index (χ3n) is 4.59. The Morgan fingerprint density at radius 3 is 2.52 bits per heavy atom. The Balaban J connectivity index is 2.14. The number of hydrogen-bond acceptors (Lipinski definition) is 8. The standard InChI is InChI=1S/C21H27ClN6O5/c1-4-15-17(22)28-19(16(27-15)18(23)29)26-13-7-12(8-14(9-13)32-3)5-6-25-20(30)11(2)10-33-21(24)31/h7-9,11H,4-6,10H2,1-3H3,(H2,23,29)(H2,24,31)(H,25,30)(H,26,28)/t11-/m0/s1. The van der Waals surface area contributed by atoms with Gasteiger partial charge < -0.3 is 31.6 Å². The van der Waals surface area contributed by atoms with Gasteiger partial charge in [-0.1, -0.05) is 25.4 Å². The summed E-state index contributed by atoms with van der Waals surface area (Å²) in [5, 5.41) is 5.96. The molecule has 1 heterocycles. The van der Waals surface area contributed by atoms with Crippen LogP contribution in [0.4, 0.5) is 16.3 Å². The number of nitrogens with one attached hydrogen (secondary N) is 2. The Labute approximate surface area is 196 Å². The van der Waals surface area contributed by atoms with Gasteiger partial charge >= 0.3 is 6.09 Å². The van der Waals surface area contributed by atoms with Crippen molar-refractivity contribution in [2.45, 2.75) is 26.7 Å². The molecule has 0 saturated carbocycles. The maximum atomic E-state index is 12.1. The summed E-state index contributed by atoms with van der Waals surface area (Å²) < 4.78 is 9.99. The van der Waals surface area contributed by atoms with Crippen molar-refractivity contribution < 1.29 is 23.9 Å². The van der Waals surface area contributed by atoms with E-state index in [1.54, 1.807) is 13.0 Å². The summed E-state index contributed by atoms with van der Waals surface area (Å²) in [6.07, 6.45) is 0.0421. The summed E-state index contributed by atoms with van der Waals surface area (Å²) in [5.41, 5.74) is 12.2. The van der Waals surface area contributed by atoms with Crippen molar-refractivity contribution in [3.63, 3.8) is 0 Å². The van der Waals surface area contributed by atoms with E-state index in [2.05, 4.69) is 25.3 Å². The number of amides is 3. The summed E-state index contributed by atoms with van der Waals surface area (Å²) >= 11 is 6.16. The highest BCUT2D eigenvalue weighted by atomic mass is 35.5. The zero-order valence-electron chi connectivity index (χ0n) is 18.6. The summed E-state index contributed by atoms with van der Waals surface area (Å²) in [4.78, 5) is 43.1. The van der Waals surface area contributed by atoms with Gasteiger partial charge in [-0.05, 0) is 30.5 Å². The lowest BCUT2D eigenvalue weighted by atomic mass is 10.1. The first-order valence-corrected chi connectivity index (χ1v) is 10.5. The van der Waals surface area contributed by atoms with E-state index in [1.807, 2.05) is 19.1 Å². The van der Waals surface area contributed by atoms with Gasteiger partial charge in [-0.15, -0.1) is 0 Å². The van der Waals surface area contributed by atoms with Gasteiger partial charge in [0.05, 0.1) is 18.7 Å². The number of anilines is 2. The van der Waals surface area contributed by atoms with Crippen LogP contribution in [0.1, 0.15) is 35.6 Å². The molecule has 0 saturated heterocycles. The van der Waals surface area contributed by atoms with E-state index in [1.165, 1.54) is 7.11 Å². The van der Waals surface area contributed by atoms with Crippen molar-refractivity contribution in [1.29, 1.82) is 0 Å². The van der Waals surface area contributed by atoms with Gasteiger partial charge in [0.2, 0.25) is 5.91 Å². The highest BCUT2D eigenvalue weighted by Crippen LogP contribution is 2.26. The molecule has 6 N–H and O–H groups in total. The fourth-order valence-electron chi connectivity index (χ4n) is 2.85. The summed E-state index contributed by atoms with van der Waals surface area (Å²) in [6, 6.07) is 5.33. The van der Waals surface area contributed by atoms with Crippen molar-refractivity contribution in [3.8, 4) is 5.75 Å². The van der Waals surface area contributed by atoms with E-state index in [9.17, 15) is 14.4 Å². The molecule has 178 valence electrons. The van der Waals surface area contributed by atoms with Crippen LogP contribution < -0.4 is 26.8 Å². The number of nitrogens with two attached hydrogens (primary N) is 2. The monoisotopic (exact) mass is 478 g/mol. The van der Waals surface area contributed by atoms with Crippen LogP contribution in [0.2, 0.25) is 5.15 Å². The number of benzene rings is 1. The fraction of sp³-hybridized carbons (Fsp3) is 0.381. The molecular weight excluding hydrogens is 452 g/mol. The SMILES string of the molecule is CCc1nc(C(N)=O)c(Nc2cc(CCNC(=O)[C@@H](C)COC(N)=O)cc(OC)c2)nc1Cl. The predicted molar refractivity (Wildman–Crippen MR) is 123 cm³/mol. The van der Waals surface area contributed by atoms with Crippen LogP contribution >= 0.6 is 11.6 Å². The second-order valence-corrected chi connectivity index (χ2v) is 7.50. The molecule has 0 aliphatic rings. The van der Waals surface area contributed by atoms with E-state index in [0.29, 0.717) is 36.5 Å². The zero-order valence-corrected chi connectivity index (χ0v) is 19.4. The lowest BCUT2D eigenvalue weighted by Gasteiger charge is -2.14. The molecule has 1 aromatic carbocycles. The molecule has 0 radical (unpaired) electrons. The molecule has 12 heteroatoms. The Morgan fingerprint density at radius 1 is 1.18 bits per heavy atom. The van der Waals surface area contributed by atoms with Gasteiger partial charge in [-0.3, -0.25) is 9.59 Å². The van der Waals surface area contributed by atoms with Crippen LogP contribution in [-0.2, 0) is 22.4 Å². The third-order valence-corrected chi connectivity index (χ3v) is 4.89. The molecule has 0 aliphatic carbocycles. The van der Waals surface area contributed by atoms with Gasteiger partial charge in [0.25, 0.3) is 5.91 Å². The van der Waals surface area contributed by atoms with Crippen LogP contribution in [0.15, 0.2) is 18.2 Å². The second kappa shape index (κ2) is 11.9. The molecule has 0 unspecified atom stereocenters. The normalized spacial score (nSPS) is 11.4. The van der Waals surface area contributed by atoms with Crippen molar-refractivity contribution >= 4 is 41.0 Å². The summed E-state index contributed by atoms with van der Waals surface area (Å²) in [5.74, 6) is -0.877. The average molecular weight is 479 g/mol. The van der Waals surface area contributed by atoms with Gasteiger partial charge in [-0.25, -0.2) is 14.8 Å². The molecule has 1 atom stereocenters. The second-order valence-electron chi connectivity index (χ2n) is 7.14. The maximum absolute atomic E-state index is 12.1. The summed E-state index contributed by atoms with van der Waals surface area (Å²) in [6.45, 7) is 3.69. The largest absolute Gasteiger partial charge is 0.497 e. The molecule has 3 amide bonds. The third kappa shape index (κ3) is 7.49. The number of methoxy groups -OCH3 is 1. The Kier molecular flexibility index (Phi) is 9.22. The number of carbonyl (C=O) groups excluding carboxylic acids is 3. The molecule has 33 heavy (non-hydrogen) atoms. The minimum atomic E-state index is -0.930. The molecule has 0 bridgehead atoms. The number of aromatic nitrogens is 2. The number of carbonyl (C=O) groups is 3. The molecule has 1 aromatic heterocycles. The number of ether oxygens (including phenoxy) is 2. The van der Waals surface area contributed by atoms with Gasteiger partial charge in [0, 0.05) is 18.3 Å². The lowest BCUT2D eigenvalue weighted by molar-refractivity contribution is -0.125. The molecule has 2 rings (SSSR count). The van der Waals surface area contributed by atoms with Gasteiger partial charge in [0.15, 0.2) is 16.7 Å². The highest BCUT2D eigenvalue weighted by Gasteiger charge is 2.17. The van der Waals surface area contributed by atoms with Crippen molar-refractivity contribution in [1.82, 2.24) is 15.3 Å². The minimum Gasteiger partial charge on any atom is -0.497 e. The number of aryl methyl sites for hydroxylation is 1. The number of rotatable bonds is 11. The number of halogens is 1. The fourth-order valence-corrected chi connectivity index (χ4v) is 3.11. The first-order chi connectivity index (χ1) is 15.6. The van der Waals surface area contributed by atoms with Crippen molar-refractivity contribution in [3.05, 3.63) is 40.3 Å². The number of nitrogens with zero attached hydrogens (tertiary/aromatic N) is 2. The van der Waals surface area contributed by atoms with Crippen LogP contribution in [0.5, 0.6) is 5.75 Å². The van der Waals surface area contributed by atoms with Crippen LogP contribution in [-0.4, -0.2) is 48.1 Å². The van der Waals surface area contributed by atoms with E-state index < -0.39 is 17.9 Å². The number of primary amides is 2. The maximum Gasteiger partial charge on any atom is 0.404 e. The van der Waals surface area contributed by atoms with E-state index >= 15 is 0 Å². The Bertz CT molecular complexity index is 1030. The van der Waals surface area contributed by atoms with Gasteiger partial charge in [0.1, 0.15) is 12.4 Å². The molecular formula is C21H27ClN6O5. The van der Waals surface area contributed by atoms with E-state index in [-0.39, 0.29) is 29.2 Å². The van der Waals surface area contributed by atoms with E-state index in [4.69, 9.17) is 27.8 Å². The zero-order chi connectivity index (χ0) is 24.5. The van der Waals surface area contributed by atoms with Crippen LogP contribution in [0, 0.1) is 5.92 Å². The first kappa shape index (κ1) is 25.7. The molecule has 11 nitrogen and oxygen atoms in total. The van der Waals surface area contributed by atoms with Crippen molar-refractivity contribution in [2.24, 2.45) is 17.4 Å². The van der Waals surface area contributed by atoms with Crippen LogP contribution in [0.3, 0.4) is 0 Å². The lowest BCUT2D eigenvalue weighted by Crippen LogP contribution is -2.34. The highest BCUT2D eigenvalue weighted by molar-refractivity contribution is 6.30. The number of hydrogen-bond donors (Lipinski definition) is 4. The molecule has 0 fully saturated rings. The van der Waals surface area contributed by atoms with Crippen molar-refractivity contribution in [2.75, 3.05) is 25.6 Å². The average Bonchev–Trinajstić information content (AvgIpc) is 2.77. The minimum absolute atomic E-state index is 0.0277. The molecule has 0 aliphatic heterocycles. The predicted octanol–water partition coefficient (Wildman–Crippen LogP) is 1.93.